The van der Waals surface area contributed by atoms with E-state index in [4.69, 9.17) is 0 Å². The summed E-state index contributed by atoms with van der Waals surface area (Å²) >= 11 is 0. The van der Waals surface area contributed by atoms with E-state index in [9.17, 15) is 9.59 Å². The molecule has 0 saturated carbocycles. The molecule has 3 heterocycles. The summed E-state index contributed by atoms with van der Waals surface area (Å²) in [6.07, 6.45) is 2.69. The number of hydrogen-bond donors (Lipinski definition) is 0. The fraction of sp³-hybridized carbons (Fsp3) is 0.304. The normalized spacial score (nSPS) is 16.0. The monoisotopic (exact) mass is 373 g/mol. The maximum atomic E-state index is 13.1. The molecule has 1 saturated heterocycles. The largest absolute Gasteiger partial charge is 0.368 e. The number of anilines is 1. The van der Waals surface area contributed by atoms with Crippen LogP contribution in [0.25, 0.3) is 10.9 Å². The topological polar surface area (TPSA) is 45.5 Å². The Kier molecular flexibility index (Phi) is 3.97. The number of aromatic nitrogens is 1. The Balaban J connectivity index is 1.39. The predicted molar refractivity (Wildman–Crippen MR) is 111 cm³/mol. The third kappa shape index (κ3) is 2.70. The van der Waals surface area contributed by atoms with Gasteiger partial charge in [0, 0.05) is 50.0 Å². The molecule has 142 valence electrons. The highest BCUT2D eigenvalue weighted by Crippen LogP contribution is 2.24. The lowest BCUT2D eigenvalue weighted by Crippen LogP contribution is -2.49. The first kappa shape index (κ1) is 17.0. The number of rotatable bonds is 2. The van der Waals surface area contributed by atoms with Crippen LogP contribution >= 0.6 is 0 Å². The van der Waals surface area contributed by atoms with Crippen LogP contribution in [-0.2, 0) is 13.0 Å². The summed E-state index contributed by atoms with van der Waals surface area (Å²) in [5.74, 6) is -0.142. The number of para-hydroxylation sites is 1. The van der Waals surface area contributed by atoms with Crippen LogP contribution in [0.15, 0.2) is 53.5 Å². The van der Waals surface area contributed by atoms with Crippen LogP contribution in [0.1, 0.15) is 21.5 Å². The van der Waals surface area contributed by atoms with Gasteiger partial charge in [0.1, 0.15) is 5.56 Å². The van der Waals surface area contributed by atoms with Crippen molar-refractivity contribution in [1.82, 2.24) is 9.47 Å². The Bertz CT molecular complexity index is 1120. The van der Waals surface area contributed by atoms with Gasteiger partial charge in [-0.05, 0) is 37.1 Å². The summed E-state index contributed by atoms with van der Waals surface area (Å²) < 4.78 is 2.07. The Morgan fingerprint density at radius 3 is 2.43 bits per heavy atom. The van der Waals surface area contributed by atoms with E-state index in [0.29, 0.717) is 24.0 Å². The maximum absolute atomic E-state index is 13.1. The Morgan fingerprint density at radius 1 is 0.929 bits per heavy atom. The number of amides is 1. The quantitative estimate of drug-likeness (QED) is 0.694. The van der Waals surface area contributed by atoms with Crippen LogP contribution in [0, 0.1) is 6.92 Å². The first-order valence-electron chi connectivity index (χ1n) is 9.88. The highest BCUT2D eigenvalue weighted by atomic mass is 16.2. The molecule has 0 aliphatic carbocycles. The zero-order valence-corrected chi connectivity index (χ0v) is 16.0. The highest BCUT2D eigenvalue weighted by molar-refractivity contribution is 5.98. The molecule has 1 amide bonds. The van der Waals surface area contributed by atoms with Gasteiger partial charge >= 0.3 is 0 Å². The zero-order valence-electron chi connectivity index (χ0n) is 16.0. The first-order chi connectivity index (χ1) is 13.6. The van der Waals surface area contributed by atoms with Crippen LogP contribution in [0.4, 0.5) is 5.69 Å². The minimum absolute atomic E-state index is 0.138. The average molecular weight is 373 g/mol. The second kappa shape index (κ2) is 6.51. The van der Waals surface area contributed by atoms with Gasteiger partial charge in [0.2, 0.25) is 5.43 Å². The van der Waals surface area contributed by atoms with Crippen LogP contribution in [0.3, 0.4) is 0 Å². The van der Waals surface area contributed by atoms with Crippen molar-refractivity contribution in [1.29, 1.82) is 0 Å². The zero-order chi connectivity index (χ0) is 19.3. The van der Waals surface area contributed by atoms with E-state index in [1.54, 1.807) is 6.20 Å². The summed E-state index contributed by atoms with van der Waals surface area (Å²) in [5.41, 5.74) is 4.78. The standard InChI is InChI=1S/C23H23N3O2/c1-16-5-7-18(8-6-16)24-11-13-25(14-12-24)23(28)20-15-26-10-9-17-3-2-4-19(21(17)26)22(20)27/h2-8,15H,9-14H2,1H3. The number of pyridine rings is 1. The molecule has 0 unspecified atom stereocenters. The van der Waals surface area contributed by atoms with Gasteiger partial charge in [-0.25, -0.2) is 0 Å². The van der Waals surface area contributed by atoms with Crippen LogP contribution in [0.5, 0.6) is 0 Å². The van der Waals surface area contributed by atoms with Gasteiger partial charge < -0.3 is 14.4 Å². The molecule has 3 aromatic rings. The number of piperazine rings is 1. The molecule has 2 aliphatic heterocycles. The SMILES string of the molecule is Cc1ccc(N2CCN(C(=O)c3cn4c5c(cccc5c3=O)CC4)CC2)cc1. The highest BCUT2D eigenvalue weighted by Gasteiger charge is 2.26. The van der Waals surface area contributed by atoms with Gasteiger partial charge in [0.25, 0.3) is 5.91 Å². The molecule has 1 aromatic heterocycles. The van der Waals surface area contributed by atoms with Gasteiger partial charge in [-0.2, -0.15) is 0 Å². The molecule has 5 rings (SSSR count). The molecule has 0 N–H and O–H groups in total. The van der Waals surface area contributed by atoms with Crippen molar-refractivity contribution in [3.8, 4) is 0 Å². The molecular formula is C23H23N3O2. The molecule has 0 bridgehead atoms. The van der Waals surface area contributed by atoms with Gasteiger partial charge in [-0.15, -0.1) is 0 Å². The molecule has 5 nitrogen and oxygen atoms in total. The summed E-state index contributed by atoms with van der Waals surface area (Å²) in [4.78, 5) is 30.2. The van der Waals surface area contributed by atoms with Gasteiger partial charge in [0.05, 0.1) is 5.52 Å². The summed E-state index contributed by atoms with van der Waals surface area (Å²) in [6, 6.07) is 14.3. The third-order valence-corrected chi connectivity index (χ3v) is 6.00. The number of hydrogen-bond acceptors (Lipinski definition) is 3. The van der Waals surface area contributed by atoms with Crippen molar-refractivity contribution in [2.75, 3.05) is 31.1 Å². The molecule has 2 aliphatic rings. The molecule has 0 spiro atoms. The summed E-state index contributed by atoms with van der Waals surface area (Å²) in [5, 5.41) is 0.666. The molecule has 1 fully saturated rings. The summed E-state index contributed by atoms with van der Waals surface area (Å²) in [7, 11) is 0. The van der Waals surface area contributed by atoms with Crippen molar-refractivity contribution in [2.24, 2.45) is 0 Å². The van der Waals surface area contributed by atoms with Crippen LogP contribution in [-0.4, -0.2) is 41.6 Å². The molecule has 28 heavy (non-hydrogen) atoms. The smallest absolute Gasteiger partial charge is 0.259 e. The lowest BCUT2D eigenvalue weighted by Gasteiger charge is -2.36. The van der Waals surface area contributed by atoms with E-state index in [-0.39, 0.29) is 11.3 Å². The van der Waals surface area contributed by atoms with E-state index in [1.165, 1.54) is 16.8 Å². The average Bonchev–Trinajstić information content (AvgIpc) is 3.15. The number of nitrogens with zero attached hydrogens (tertiary/aromatic N) is 3. The Morgan fingerprint density at radius 2 is 1.68 bits per heavy atom. The summed E-state index contributed by atoms with van der Waals surface area (Å²) in [6.45, 7) is 5.73. The van der Waals surface area contributed by atoms with Crippen LogP contribution in [0.2, 0.25) is 0 Å². The fourth-order valence-electron chi connectivity index (χ4n) is 4.40. The predicted octanol–water partition coefficient (Wildman–Crippen LogP) is 2.83. The second-order valence-electron chi connectivity index (χ2n) is 7.74. The van der Waals surface area contributed by atoms with Crippen molar-refractivity contribution in [3.63, 3.8) is 0 Å². The molecule has 0 radical (unpaired) electrons. The van der Waals surface area contributed by atoms with Gasteiger partial charge in [-0.1, -0.05) is 29.8 Å². The Labute approximate surface area is 163 Å². The van der Waals surface area contributed by atoms with E-state index < -0.39 is 0 Å². The lowest BCUT2D eigenvalue weighted by atomic mass is 10.1. The van der Waals surface area contributed by atoms with Crippen molar-refractivity contribution in [3.05, 3.63) is 75.6 Å². The second-order valence-corrected chi connectivity index (χ2v) is 7.74. The van der Waals surface area contributed by atoms with E-state index in [2.05, 4.69) is 46.7 Å². The maximum Gasteiger partial charge on any atom is 0.259 e. The van der Waals surface area contributed by atoms with E-state index in [1.807, 2.05) is 17.0 Å². The minimum atomic E-state index is -0.142. The van der Waals surface area contributed by atoms with Crippen molar-refractivity contribution >= 4 is 22.5 Å². The van der Waals surface area contributed by atoms with Gasteiger partial charge in [0.15, 0.2) is 0 Å². The number of aryl methyl sites for hydroxylation is 3. The van der Waals surface area contributed by atoms with Gasteiger partial charge in [-0.3, -0.25) is 9.59 Å². The van der Waals surface area contributed by atoms with Crippen molar-refractivity contribution in [2.45, 2.75) is 19.9 Å². The van der Waals surface area contributed by atoms with Crippen molar-refractivity contribution < 1.29 is 4.79 Å². The number of carbonyl (C=O) groups excluding carboxylic acids is 1. The number of carbonyl (C=O) groups is 1. The molecule has 2 aromatic carbocycles. The number of benzene rings is 2. The van der Waals surface area contributed by atoms with E-state index in [0.717, 1.165) is 31.6 Å². The lowest BCUT2D eigenvalue weighted by molar-refractivity contribution is 0.0745. The molecule has 0 atom stereocenters. The molecular weight excluding hydrogens is 350 g/mol. The molecule has 5 heteroatoms. The third-order valence-electron chi connectivity index (χ3n) is 6.00. The van der Waals surface area contributed by atoms with E-state index >= 15 is 0 Å². The Hall–Kier alpha value is -3.08. The minimum Gasteiger partial charge on any atom is -0.368 e. The van der Waals surface area contributed by atoms with Crippen LogP contribution < -0.4 is 10.3 Å². The fourth-order valence-corrected chi connectivity index (χ4v) is 4.40. The first-order valence-corrected chi connectivity index (χ1v) is 9.88.